The van der Waals surface area contributed by atoms with Gasteiger partial charge < -0.3 is 15.2 Å². The number of unbranched alkanes of at least 4 members (excludes halogenated alkanes) is 1. The molecule has 0 fully saturated rings. The SMILES string of the molecule is CC(=O)NC(C=O)CCCCNP. The van der Waals surface area contributed by atoms with Crippen molar-refractivity contribution in [1.29, 1.82) is 0 Å². The van der Waals surface area contributed by atoms with Crippen molar-refractivity contribution in [2.24, 2.45) is 0 Å². The number of carbonyl (C=O) groups excluding carboxylic acids is 2. The van der Waals surface area contributed by atoms with E-state index in [4.69, 9.17) is 0 Å². The van der Waals surface area contributed by atoms with E-state index in [2.05, 4.69) is 19.8 Å². The second-order valence-corrected chi connectivity index (χ2v) is 3.30. The minimum absolute atomic E-state index is 0.152. The molecule has 1 amide bonds. The maximum atomic E-state index is 10.6. The van der Waals surface area contributed by atoms with Crippen LogP contribution < -0.4 is 10.4 Å². The van der Waals surface area contributed by atoms with Crippen molar-refractivity contribution in [3.05, 3.63) is 0 Å². The summed E-state index contributed by atoms with van der Waals surface area (Å²) in [7, 11) is 2.42. The fourth-order valence-electron chi connectivity index (χ4n) is 1.03. The minimum Gasteiger partial charge on any atom is -0.347 e. The van der Waals surface area contributed by atoms with Crippen LogP contribution >= 0.6 is 9.39 Å². The van der Waals surface area contributed by atoms with E-state index in [1.54, 1.807) is 0 Å². The van der Waals surface area contributed by atoms with Gasteiger partial charge in [0.1, 0.15) is 6.29 Å². The van der Waals surface area contributed by atoms with Gasteiger partial charge in [0.05, 0.1) is 6.04 Å². The van der Waals surface area contributed by atoms with E-state index in [1.165, 1.54) is 6.92 Å². The number of carbonyl (C=O) groups is 2. The molecule has 0 aliphatic rings. The fourth-order valence-corrected chi connectivity index (χ4v) is 1.23. The average Bonchev–Trinajstić information content (AvgIpc) is 2.09. The van der Waals surface area contributed by atoms with Gasteiger partial charge in [-0.1, -0.05) is 9.39 Å². The van der Waals surface area contributed by atoms with Gasteiger partial charge in [0, 0.05) is 6.92 Å². The van der Waals surface area contributed by atoms with Crippen LogP contribution in [0.5, 0.6) is 0 Å². The van der Waals surface area contributed by atoms with Crippen LogP contribution in [0.25, 0.3) is 0 Å². The number of nitrogens with one attached hydrogen (secondary N) is 2. The molecule has 4 nitrogen and oxygen atoms in total. The monoisotopic (exact) mass is 204 g/mol. The highest BCUT2D eigenvalue weighted by Crippen LogP contribution is 1.98. The lowest BCUT2D eigenvalue weighted by Gasteiger charge is -2.10. The van der Waals surface area contributed by atoms with Crippen LogP contribution in [0.1, 0.15) is 26.2 Å². The van der Waals surface area contributed by atoms with Gasteiger partial charge in [0.15, 0.2) is 0 Å². The predicted molar refractivity (Wildman–Crippen MR) is 55.2 cm³/mol. The van der Waals surface area contributed by atoms with Crippen LogP contribution in [-0.2, 0) is 9.59 Å². The van der Waals surface area contributed by atoms with E-state index < -0.39 is 0 Å². The quantitative estimate of drug-likeness (QED) is 0.355. The lowest BCUT2D eigenvalue weighted by Crippen LogP contribution is -2.34. The zero-order valence-electron chi connectivity index (χ0n) is 7.88. The average molecular weight is 204 g/mol. The smallest absolute Gasteiger partial charge is 0.217 e. The summed E-state index contributed by atoms with van der Waals surface area (Å²) in [5.41, 5.74) is 0. The highest BCUT2D eigenvalue weighted by Gasteiger charge is 2.06. The molecule has 0 aromatic heterocycles. The third kappa shape index (κ3) is 7.88. The molecular weight excluding hydrogens is 187 g/mol. The fraction of sp³-hybridized carbons (Fsp3) is 0.750. The van der Waals surface area contributed by atoms with Crippen molar-refractivity contribution < 1.29 is 9.59 Å². The molecule has 0 radical (unpaired) electrons. The highest BCUT2D eigenvalue weighted by molar-refractivity contribution is 7.13. The summed E-state index contributed by atoms with van der Waals surface area (Å²) < 4.78 is 0. The molecule has 0 aromatic carbocycles. The maximum Gasteiger partial charge on any atom is 0.217 e. The summed E-state index contributed by atoms with van der Waals surface area (Å²) in [6.45, 7) is 2.33. The molecular formula is C8H17N2O2P. The summed E-state index contributed by atoms with van der Waals surface area (Å²) in [4.78, 5) is 21.1. The molecule has 0 aliphatic heterocycles. The van der Waals surface area contributed by atoms with E-state index in [-0.39, 0.29) is 11.9 Å². The summed E-state index contributed by atoms with van der Waals surface area (Å²) in [6, 6.07) is -0.318. The second kappa shape index (κ2) is 8.14. The number of hydrogen-bond donors (Lipinski definition) is 2. The van der Waals surface area contributed by atoms with Crippen LogP contribution in [0.2, 0.25) is 0 Å². The summed E-state index contributed by atoms with van der Waals surface area (Å²) in [5.74, 6) is -0.152. The Balaban J connectivity index is 3.48. The molecule has 0 saturated carbocycles. The molecule has 0 spiro atoms. The van der Waals surface area contributed by atoms with Gasteiger partial charge >= 0.3 is 0 Å². The van der Waals surface area contributed by atoms with E-state index in [1.807, 2.05) is 0 Å². The lowest BCUT2D eigenvalue weighted by atomic mass is 10.1. The number of hydrogen-bond acceptors (Lipinski definition) is 3. The standard InChI is InChI=1S/C8H17N2O2P/c1-7(12)10-8(6-11)4-2-3-5-9-13/h6,8-9H,2-5,13H2,1H3,(H,10,12). The molecule has 2 N–H and O–H groups in total. The summed E-state index contributed by atoms with van der Waals surface area (Å²) >= 11 is 0. The molecule has 0 heterocycles. The molecule has 2 atom stereocenters. The molecule has 0 bridgehead atoms. The highest BCUT2D eigenvalue weighted by atomic mass is 31.0. The van der Waals surface area contributed by atoms with Gasteiger partial charge in [-0.15, -0.1) is 0 Å². The molecule has 2 unspecified atom stereocenters. The van der Waals surface area contributed by atoms with Crippen LogP contribution in [0, 0.1) is 0 Å². The Hall–Kier alpha value is -0.470. The Bertz CT molecular complexity index is 164. The second-order valence-electron chi connectivity index (χ2n) is 2.89. The van der Waals surface area contributed by atoms with Gasteiger partial charge in [0.2, 0.25) is 5.91 Å². The topological polar surface area (TPSA) is 58.2 Å². The van der Waals surface area contributed by atoms with Crippen molar-refractivity contribution >= 4 is 21.6 Å². The van der Waals surface area contributed by atoms with E-state index in [0.29, 0.717) is 0 Å². The maximum absolute atomic E-state index is 10.6. The molecule has 13 heavy (non-hydrogen) atoms. The minimum atomic E-state index is -0.318. The van der Waals surface area contributed by atoms with E-state index in [0.717, 1.165) is 32.1 Å². The van der Waals surface area contributed by atoms with Crippen LogP contribution in [0.3, 0.4) is 0 Å². The van der Waals surface area contributed by atoms with Gasteiger partial charge in [-0.3, -0.25) is 4.79 Å². The number of aldehydes is 1. The largest absolute Gasteiger partial charge is 0.347 e. The Morgan fingerprint density at radius 1 is 1.54 bits per heavy atom. The third-order valence-electron chi connectivity index (χ3n) is 1.64. The van der Waals surface area contributed by atoms with Crippen molar-refractivity contribution in [1.82, 2.24) is 10.4 Å². The lowest BCUT2D eigenvalue weighted by molar-refractivity contribution is -0.122. The van der Waals surface area contributed by atoms with Gasteiger partial charge in [-0.05, 0) is 25.8 Å². The first-order chi connectivity index (χ1) is 6.20. The van der Waals surface area contributed by atoms with E-state index in [9.17, 15) is 9.59 Å². The normalized spacial score (nSPS) is 12.2. The van der Waals surface area contributed by atoms with Crippen molar-refractivity contribution in [2.75, 3.05) is 6.54 Å². The molecule has 5 heteroatoms. The van der Waals surface area contributed by atoms with Crippen LogP contribution in [0.4, 0.5) is 0 Å². The van der Waals surface area contributed by atoms with Gasteiger partial charge in [-0.25, -0.2) is 0 Å². The van der Waals surface area contributed by atoms with E-state index >= 15 is 0 Å². The summed E-state index contributed by atoms with van der Waals surface area (Å²) in [5, 5.41) is 5.52. The van der Waals surface area contributed by atoms with Crippen molar-refractivity contribution in [3.63, 3.8) is 0 Å². The number of rotatable bonds is 7. The van der Waals surface area contributed by atoms with Crippen molar-refractivity contribution in [2.45, 2.75) is 32.2 Å². The zero-order chi connectivity index (χ0) is 10.1. The Morgan fingerprint density at radius 2 is 2.23 bits per heavy atom. The first-order valence-electron chi connectivity index (χ1n) is 4.36. The first kappa shape index (κ1) is 12.5. The van der Waals surface area contributed by atoms with Gasteiger partial charge in [0.25, 0.3) is 0 Å². The third-order valence-corrected chi connectivity index (χ3v) is 1.93. The Morgan fingerprint density at radius 3 is 2.69 bits per heavy atom. The van der Waals surface area contributed by atoms with Crippen molar-refractivity contribution in [3.8, 4) is 0 Å². The van der Waals surface area contributed by atoms with Crippen LogP contribution in [0.15, 0.2) is 0 Å². The predicted octanol–water partition coefficient (Wildman–Crippen LogP) is 0.240. The summed E-state index contributed by atoms with van der Waals surface area (Å²) in [6.07, 6.45) is 3.45. The number of amides is 1. The zero-order valence-corrected chi connectivity index (χ0v) is 9.03. The van der Waals surface area contributed by atoms with Gasteiger partial charge in [-0.2, -0.15) is 0 Å². The molecule has 0 aromatic rings. The molecule has 0 aliphatic carbocycles. The molecule has 0 rings (SSSR count). The molecule has 0 saturated heterocycles. The Kier molecular flexibility index (Phi) is 7.85. The first-order valence-corrected chi connectivity index (χ1v) is 4.94. The molecule has 76 valence electrons. The van der Waals surface area contributed by atoms with Crippen LogP contribution in [-0.4, -0.2) is 24.8 Å². The Labute approximate surface area is 81.1 Å².